The van der Waals surface area contributed by atoms with Crippen molar-refractivity contribution >= 4 is 34.2 Å². The van der Waals surface area contributed by atoms with Crippen LogP contribution < -0.4 is 5.32 Å². The number of carbonyl (C=O) groups is 3. The van der Waals surface area contributed by atoms with E-state index in [1.807, 2.05) is 42.5 Å². The molecule has 6 nitrogen and oxygen atoms in total. The average Bonchev–Trinajstić information content (AvgIpc) is 3.09. The lowest BCUT2D eigenvalue weighted by Crippen LogP contribution is -2.42. The lowest BCUT2D eigenvalue weighted by molar-refractivity contribution is -0.133. The molecular formula is C19H18N2O4. The van der Waals surface area contributed by atoms with Crippen LogP contribution >= 0.6 is 0 Å². The Morgan fingerprint density at radius 3 is 2.60 bits per heavy atom. The van der Waals surface area contributed by atoms with Gasteiger partial charge in [-0.3, -0.25) is 9.59 Å². The first-order valence-electron chi connectivity index (χ1n) is 8.06. The Balaban J connectivity index is 1.72. The van der Waals surface area contributed by atoms with Gasteiger partial charge in [-0.25, -0.2) is 4.79 Å². The highest BCUT2D eigenvalue weighted by Crippen LogP contribution is 2.22. The van der Waals surface area contributed by atoms with E-state index in [1.165, 1.54) is 4.90 Å². The van der Waals surface area contributed by atoms with Crippen molar-refractivity contribution in [3.05, 3.63) is 54.6 Å². The van der Waals surface area contributed by atoms with Gasteiger partial charge in [0.15, 0.2) is 0 Å². The maximum absolute atomic E-state index is 12.6. The summed E-state index contributed by atoms with van der Waals surface area (Å²) in [4.78, 5) is 36.6. The lowest BCUT2D eigenvalue weighted by atomic mass is 10.1. The minimum absolute atomic E-state index is 0.259. The van der Waals surface area contributed by atoms with Crippen LogP contribution in [0.1, 0.15) is 12.8 Å². The van der Waals surface area contributed by atoms with E-state index in [2.05, 4.69) is 5.32 Å². The minimum atomic E-state index is -1.19. The zero-order valence-corrected chi connectivity index (χ0v) is 13.5. The number of nitrogens with zero attached hydrogens (tertiary/aromatic N) is 1. The second kappa shape index (κ2) is 7.17. The number of hydrogen-bond donors (Lipinski definition) is 2. The van der Waals surface area contributed by atoms with Crippen LogP contribution in [0.25, 0.3) is 10.8 Å². The van der Waals surface area contributed by atoms with Gasteiger partial charge >= 0.3 is 5.97 Å². The van der Waals surface area contributed by atoms with Gasteiger partial charge in [-0.15, -0.1) is 0 Å². The molecule has 1 aliphatic heterocycles. The second-order valence-corrected chi connectivity index (χ2v) is 5.91. The Morgan fingerprint density at radius 2 is 1.84 bits per heavy atom. The van der Waals surface area contributed by atoms with Crippen LogP contribution in [0.15, 0.2) is 54.6 Å². The highest BCUT2D eigenvalue weighted by molar-refractivity contribution is 6.01. The third-order valence-electron chi connectivity index (χ3n) is 4.22. The van der Waals surface area contributed by atoms with Gasteiger partial charge in [0.2, 0.25) is 11.8 Å². The molecule has 3 rings (SSSR count). The molecule has 0 aliphatic carbocycles. The third-order valence-corrected chi connectivity index (χ3v) is 4.22. The number of fused-ring (bicyclic) bond motifs is 1. The van der Waals surface area contributed by atoms with E-state index >= 15 is 0 Å². The summed E-state index contributed by atoms with van der Waals surface area (Å²) in [5, 5.41) is 13.6. The maximum atomic E-state index is 12.6. The van der Waals surface area contributed by atoms with Crippen LogP contribution in [0.4, 0.5) is 5.69 Å². The molecule has 6 heteroatoms. The van der Waals surface area contributed by atoms with Gasteiger partial charge in [-0.1, -0.05) is 30.3 Å². The number of aliphatic carboxylic acids is 1. The monoisotopic (exact) mass is 338 g/mol. The Bertz CT molecular complexity index is 859. The van der Waals surface area contributed by atoms with E-state index in [9.17, 15) is 14.4 Å². The summed E-state index contributed by atoms with van der Waals surface area (Å²) in [5.41, 5.74) is 0.670. The molecule has 1 heterocycles. The summed E-state index contributed by atoms with van der Waals surface area (Å²) in [6.07, 6.45) is 3.05. The largest absolute Gasteiger partial charge is 0.478 e. The van der Waals surface area contributed by atoms with Crippen molar-refractivity contribution < 1.29 is 19.5 Å². The Hall–Kier alpha value is -3.15. The van der Waals surface area contributed by atoms with Crippen molar-refractivity contribution in [2.24, 2.45) is 0 Å². The van der Waals surface area contributed by atoms with Gasteiger partial charge in [0.1, 0.15) is 6.04 Å². The summed E-state index contributed by atoms with van der Waals surface area (Å²) < 4.78 is 0. The highest BCUT2D eigenvalue weighted by atomic mass is 16.4. The minimum Gasteiger partial charge on any atom is -0.478 e. The zero-order valence-electron chi connectivity index (χ0n) is 13.5. The molecule has 1 saturated heterocycles. The first-order valence-corrected chi connectivity index (χ1v) is 8.06. The first-order chi connectivity index (χ1) is 12.0. The van der Waals surface area contributed by atoms with Crippen molar-refractivity contribution in [1.82, 2.24) is 4.90 Å². The van der Waals surface area contributed by atoms with E-state index in [4.69, 9.17) is 5.11 Å². The molecule has 1 unspecified atom stereocenters. The molecule has 2 N–H and O–H groups in total. The third kappa shape index (κ3) is 3.85. The van der Waals surface area contributed by atoms with Gasteiger partial charge < -0.3 is 15.3 Å². The topological polar surface area (TPSA) is 86.7 Å². The van der Waals surface area contributed by atoms with Crippen molar-refractivity contribution in [1.29, 1.82) is 0 Å². The number of nitrogens with one attached hydrogen (secondary N) is 1. The van der Waals surface area contributed by atoms with E-state index in [0.29, 0.717) is 25.1 Å². The molecule has 2 aromatic rings. The van der Waals surface area contributed by atoms with Gasteiger partial charge in [-0.2, -0.15) is 0 Å². The van der Waals surface area contributed by atoms with Gasteiger partial charge in [0, 0.05) is 24.4 Å². The molecule has 0 spiro atoms. The molecule has 1 aliphatic rings. The summed E-state index contributed by atoms with van der Waals surface area (Å²) in [7, 11) is 0. The van der Waals surface area contributed by atoms with E-state index in [-0.39, 0.29) is 5.91 Å². The Kier molecular flexibility index (Phi) is 4.79. The number of likely N-dealkylation sites (tertiary alicyclic amines) is 1. The van der Waals surface area contributed by atoms with Crippen LogP contribution in [0.2, 0.25) is 0 Å². The van der Waals surface area contributed by atoms with E-state index in [1.54, 1.807) is 0 Å². The number of rotatable bonds is 4. The van der Waals surface area contributed by atoms with Gasteiger partial charge in [-0.05, 0) is 35.7 Å². The molecular weight excluding hydrogens is 320 g/mol. The van der Waals surface area contributed by atoms with Crippen LogP contribution in [0.5, 0.6) is 0 Å². The van der Waals surface area contributed by atoms with Crippen LogP contribution in [0, 0.1) is 0 Å². The van der Waals surface area contributed by atoms with Crippen LogP contribution in [-0.2, 0) is 14.4 Å². The number of amides is 2. The zero-order chi connectivity index (χ0) is 17.8. The summed E-state index contributed by atoms with van der Waals surface area (Å²) >= 11 is 0. The normalized spacial score (nSPS) is 17.1. The molecule has 1 fully saturated rings. The Morgan fingerprint density at radius 1 is 1.08 bits per heavy atom. The first kappa shape index (κ1) is 16.7. The summed E-state index contributed by atoms with van der Waals surface area (Å²) in [6, 6.07) is 12.9. The quantitative estimate of drug-likeness (QED) is 0.838. The molecule has 25 heavy (non-hydrogen) atoms. The summed E-state index contributed by atoms with van der Waals surface area (Å²) in [5.74, 6) is -1.91. The number of carboxylic acids is 1. The van der Waals surface area contributed by atoms with Gasteiger partial charge in [0.25, 0.3) is 0 Å². The number of carbonyl (C=O) groups excluding carboxylic acids is 2. The molecule has 0 radical (unpaired) electrons. The van der Waals surface area contributed by atoms with Crippen molar-refractivity contribution in [2.75, 3.05) is 11.9 Å². The molecule has 0 bridgehead atoms. The number of hydrogen-bond acceptors (Lipinski definition) is 3. The van der Waals surface area contributed by atoms with Crippen molar-refractivity contribution in [3.8, 4) is 0 Å². The smallest absolute Gasteiger partial charge is 0.328 e. The van der Waals surface area contributed by atoms with E-state index < -0.39 is 17.9 Å². The van der Waals surface area contributed by atoms with Crippen LogP contribution in [-0.4, -0.2) is 40.4 Å². The number of anilines is 1. The molecule has 2 aromatic carbocycles. The predicted octanol–water partition coefficient (Wildman–Crippen LogP) is 2.41. The molecule has 128 valence electrons. The second-order valence-electron chi connectivity index (χ2n) is 5.91. The van der Waals surface area contributed by atoms with Crippen molar-refractivity contribution in [2.45, 2.75) is 18.9 Å². The fourth-order valence-corrected chi connectivity index (χ4v) is 3.03. The number of carboxylic acid groups (broad SMARTS) is 1. The molecule has 0 aromatic heterocycles. The van der Waals surface area contributed by atoms with Crippen molar-refractivity contribution in [3.63, 3.8) is 0 Å². The predicted molar refractivity (Wildman–Crippen MR) is 94.1 cm³/mol. The van der Waals surface area contributed by atoms with E-state index in [0.717, 1.165) is 22.9 Å². The molecule has 0 saturated carbocycles. The van der Waals surface area contributed by atoms with Gasteiger partial charge in [0.05, 0.1) is 0 Å². The average molecular weight is 338 g/mol. The molecule has 2 amide bonds. The maximum Gasteiger partial charge on any atom is 0.328 e. The van der Waals surface area contributed by atoms with Crippen LogP contribution in [0.3, 0.4) is 0 Å². The SMILES string of the molecule is O=C(O)/C=C/C(=O)N1CCCC1C(=O)Nc1ccc2ccccc2c1. The lowest BCUT2D eigenvalue weighted by Gasteiger charge is -2.22. The fraction of sp³-hybridized carbons (Fsp3) is 0.211. The standard InChI is InChI=1S/C19H18N2O4/c22-17(9-10-18(23)24)21-11-3-6-16(21)19(25)20-15-8-7-13-4-1-2-5-14(13)12-15/h1-2,4-5,7-10,12,16H,3,6,11H2,(H,20,25)(H,23,24)/b10-9+. The number of benzene rings is 2. The molecule has 1 atom stereocenters. The summed E-state index contributed by atoms with van der Waals surface area (Å²) in [6.45, 7) is 0.443. The Labute approximate surface area is 144 Å². The fourth-order valence-electron chi connectivity index (χ4n) is 3.03. The highest BCUT2D eigenvalue weighted by Gasteiger charge is 2.33.